The molecule has 6 heteroatoms. The minimum atomic E-state index is -0.147. The van der Waals surface area contributed by atoms with Crippen LogP contribution in [0.2, 0.25) is 0 Å². The normalized spacial score (nSPS) is 10.9. The third-order valence-corrected chi connectivity index (χ3v) is 3.47. The Kier molecular flexibility index (Phi) is 5.08. The molecule has 0 fully saturated rings. The first-order chi connectivity index (χ1) is 11.7. The smallest absolute Gasteiger partial charge is 0.239 e. The number of aryl methyl sites for hydroxylation is 1. The minimum Gasteiger partial charge on any atom is -0.468 e. The van der Waals surface area contributed by atoms with Gasteiger partial charge < -0.3 is 14.3 Å². The number of nitrogens with one attached hydrogen (secondary N) is 1. The van der Waals surface area contributed by atoms with Crippen LogP contribution >= 0.6 is 0 Å². The summed E-state index contributed by atoms with van der Waals surface area (Å²) in [5.74, 6) is 1.75. The van der Waals surface area contributed by atoms with Crippen LogP contribution < -0.4 is 5.32 Å². The van der Waals surface area contributed by atoms with Crippen molar-refractivity contribution in [2.75, 3.05) is 11.9 Å². The summed E-state index contributed by atoms with van der Waals surface area (Å²) in [6.45, 7) is 3.20. The summed E-state index contributed by atoms with van der Waals surface area (Å²) in [4.78, 5) is 14.3. The number of aromatic nitrogens is 1. The number of carbonyl (C=O) groups excluding carboxylic acids is 1. The van der Waals surface area contributed by atoms with E-state index in [0.717, 1.165) is 11.3 Å². The molecule has 1 N–H and O–H groups in total. The van der Waals surface area contributed by atoms with E-state index in [2.05, 4.69) is 10.5 Å². The van der Waals surface area contributed by atoms with Crippen molar-refractivity contribution in [3.05, 3.63) is 71.9 Å². The van der Waals surface area contributed by atoms with E-state index in [4.69, 9.17) is 8.94 Å². The molecule has 0 radical (unpaired) electrons. The fraction of sp³-hybridized carbons (Fsp3) is 0.222. The molecule has 0 unspecified atom stereocenters. The molecule has 0 atom stereocenters. The Bertz CT molecular complexity index is 766. The number of rotatable bonds is 7. The predicted molar refractivity (Wildman–Crippen MR) is 89.1 cm³/mol. The van der Waals surface area contributed by atoms with Crippen LogP contribution in [-0.2, 0) is 17.9 Å². The second-order valence-electron chi connectivity index (χ2n) is 5.58. The van der Waals surface area contributed by atoms with Crippen LogP contribution in [0.4, 0.5) is 5.82 Å². The molecular formula is C18H19N3O3. The van der Waals surface area contributed by atoms with Gasteiger partial charge in [-0.1, -0.05) is 35.5 Å². The quantitative estimate of drug-likeness (QED) is 0.722. The molecule has 1 amide bonds. The molecule has 0 aliphatic heterocycles. The predicted octanol–water partition coefficient (Wildman–Crippen LogP) is 3.22. The van der Waals surface area contributed by atoms with Gasteiger partial charge in [0, 0.05) is 12.6 Å². The zero-order chi connectivity index (χ0) is 16.8. The summed E-state index contributed by atoms with van der Waals surface area (Å²) >= 11 is 0. The number of hydrogen-bond donors (Lipinski definition) is 1. The molecule has 0 bridgehead atoms. The number of anilines is 1. The van der Waals surface area contributed by atoms with Crippen LogP contribution in [0.1, 0.15) is 17.1 Å². The van der Waals surface area contributed by atoms with Gasteiger partial charge in [0.05, 0.1) is 19.4 Å². The molecule has 0 aliphatic carbocycles. The first-order valence-corrected chi connectivity index (χ1v) is 7.71. The molecule has 0 aliphatic rings. The van der Waals surface area contributed by atoms with Gasteiger partial charge in [-0.3, -0.25) is 9.69 Å². The molecule has 124 valence electrons. The number of nitrogens with zero attached hydrogens (tertiary/aromatic N) is 2. The monoisotopic (exact) mass is 325 g/mol. The molecular weight excluding hydrogens is 306 g/mol. The van der Waals surface area contributed by atoms with Gasteiger partial charge in [0.1, 0.15) is 11.5 Å². The van der Waals surface area contributed by atoms with E-state index >= 15 is 0 Å². The second-order valence-corrected chi connectivity index (χ2v) is 5.58. The maximum Gasteiger partial charge on any atom is 0.239 e. The van der Waals surface area contributed by atoms with Crippen molar-refractivity contribution in [2.24, 2.45) is 0 Å². The third-order valence-electron chi connectivity index (χ3n) is 3.47. The maximum atomic E-state index is 12.3. The van der Waals surface area contributed by atoms with E-state index in [1.165, 1.54) is 0 Å². The molecule has 2 aromatic heterocycles. The van der Waals surface area contributed by atoms with E-state index in [1.807, 2.05) is 47.4 Å². The number of hydrogen-bond acceptors (Lipinski definition) is 5. The highest BCUT2D eigenvalue weighted by atomic mass is 16.5. The van der Waals surface area contributed by atoms with Crippen molar-refractivity contribution >= 4 is 11.7 Å². The van der Waals surface area contributed by atoms with Crippen molar-refractivity contribution < 1.29 is 13.7 Å². The molecule has 3 aromatic rings. The SMILES string of the molecule is Cc1cc(NC(=O)CN(Cc2ccccc2)Cc2ccco2)no1. The van der Waals surface area contributed by atoms with Crippen LogP contribution in [0, 0.1) is 6.92 Å². The Morgan fingerprint density at radius 3 is 2.67 bits per heavy atom. The topological polar surface area (TPSA) is 71.5 Å². The van der Waals surface area contributed by atoms with Gasteiger partial charge in [-0.05, 0) is 24.6 Å². The molecule has 1 aromatic carbocycles. The van der Waals surface area contributed by atoms with Crippen LogP contribution in [-0.4, -0.2) is 22.5 Å². The van der Waals surface area contributed by atoms with E-state index in [-0.39, 0.29) is 12.5 Å². The van der Waals surface area contributed by atoms with Gasteiger partial charge >= 0.3 is 0 Å². The lowest BCUT2D eigenvalue weighted by Crippen LogP contribution is -2.32. The van der Waals surface area contributed by atoms with E-state index < -0.39 is 0 Å². The first-order valence-electron chi connectivity index (χ1n) is 7.71. The van der Waals surface area contributed by atoms with Crippen molar-refractivity contribution in [3.8, 4) is 0 Å². The van der Waals surface area contributed by atoms with Gasteiger partial charge in [0.25, 0.3) is 0 Å². The number of benzene rings is 1. The fourth-order valence-electron chi connectivity index (χ4n) is 2.44. The lowest BCUT2D eigenvalue weighted by Gasteiger charge is -2.20. The number of furan rings is 1. The molecule has 0 saturated carbocycles. The van der Waals surface area contributed by atoms with Gasteiger partial charge in [-0.25, -0.2) is 0 Å². The van der Waals surface area contributed by atoms with Gasteiger partial charge in [-0.2, -0.15) is 0 Å². The van der Waals surface area contributed by atoms with Gasteiger partial charge in [0.2, 0.25) is 5.91 Å². The van der Waals surface area contributed by atoms with E-state index in [0.29, 0.717) is 24.7 Å². The lowest BCUT2D eigenvalue weighted by molar-refractivity contribution is -0.117. The maximum absolute atomic E-state index is 12.3. The molecule has 3 rings (SSSR count). The highest BCUT2D eigenvalue weighted by Crippen LogP contribution is 2.12. The molecule has 0 saturated heterocycles. The molecule has 24 heavy (non-hydrogen) atoms. The molecule has 2 heterocycles. The van der Waals surface area contributed by atoms with Crippen LogP contribution in [0.3, 0.4) is 0 Å². The van der Waals surface area contributed by atoms with Crippen LogP contribution in [0.25, 0.3) is 0 Å². The van der Waals surface area contributed by atoms with Crippen molar-refractivity contribution in [2.45, 2.75) is 20.0 Å². The molecule has 0 spiro atoms. The zero-order valence-corrected chi connectivity index (χ0v) is 13.4. The largest absolute Gasteiger partial charge is 0.468 e. The summed E-state index contributed by atoms with van der Waals surface area (Å²) in [6, 6.07) is 15.4. The summed E-state index contributed by atoms with van der Waals surface area (Å²) in [5.41, 5.74) is 1.13. The average Bonchev–Trinajstić information content (AvgIpc) is 3.20. The van der Waals surface area contributed by atoms with Crippen LogP contribution in [0.15, 0.2) is 63.7 Å². The standard InChI is InChI=1S/C18H19N3O3/c1-14-10-17(20-24-14)19-18(22)13-21(12-16-8-5-9-23-16)11-15-6-3-2-4-7-15/h2-10H,11-13H2,1H3,(H,19,20,22). The Hall–Kier alpha value is -2.86. The van der Waals surface area contributed by atoms with Crippen molar-refractivity contribution in [3.63, 3.8) is 0 Å². The average molecular weight is 325 g/mol. The summed E-state index contributed by atoms with van der Waals surface area (Å²) in [6.07, 6.45) is 1.63. The van der Waals surface area contributed by atoms with E-state index in [1.54, 1.807) is 19.3 Å². The zero-order valence-electron chi connectivity index (χ0n) is 13.4. The fourth-order valence-corrected chi connectivity index (χ4v) is 2.44. The summed E-state index contributed by atoms with van der Waals surface area (Å²) < 4.78 is 10.4. The third kappa shape index (κ3) is 4.57. The highest BCUT2D eigenvalue weighted by molar-refractivity contribution is 5.91. The Balaban J connectivity index is 1.65. The van der Waals surface area contributed by atoms with Crippen LogP contribution in [0.5, 0.6) is 0 Å². The second kappa shape index (κ2) is 7.61. The molecule has 6 nitrogen and oxygen atoms in total. The van der Waals surface area contributed by atoms with Gasteiger partial charge in [-0.15, -0.1) is 0 Å². The minimum absolute atomic E-state index is 0.147. The number of carbonyl (C=O) groups is 1. The Morgan fingerprint density at radius 2 is 2.00 bits per heavy atom. The first kappa shape index (κ1) is 16.0. The summed E-state index contributed by atoms with van der Waals surface area (Å²) in [7, 11) is 0. The lowest BCUT2D eigenvalue weighted by atomic mass is 10.2. The number of amides is 1. The summed E-state index contributed by atoms with van der Waals surface area (Å²) in [5, 5.41) is 6.52. The van der Waals surface area contributed by atoms with Crippen molar-refractivity contribution in [1.82, 2.24) is 10.1 Å². The van der Waals surface area contributed by atoms with Gasteiger partial charge in [0.15, 0.2) is 5.82 Å². The van der Waals surface area contributed by atoms with Crippen molar-refractivity contribution in [1.29, 1.82) is 0 Å². The highest BCUT2D eigenvalue weighted by Gasteiger charge is 2.14. The Labute approximate surface area is 140 Å². The van der Waals surface area contributed by atoms with E-state index in [9.17, 15) is 4.79 Å². The Morgan fingerprint density at radius 1 is 1.17 bits per heavy atom.